The van der Waals surface area contributed by atoms with E-state index in [0.717, 1.165) is 50.8 Å². The first-order valence-electron chi connectivity index (χ1n) is 8.71. The van der Waals surface area contributed by atoms with E-state index < -0.39 is 0 Å². The molecule has 0 N–H and O–H groups in total. The summed E-state index contributed by atoms with van der Waals surface area (Å²) in [5.74, 6) is 2.04. The van der Waals surface area contributed by atoms with Gasteiger partial charge in [0.15, 0.2) is 0 Å². The molecule has 0 bridgehead atoms. The topological polar surface area (TPSA) is 63.6 Å². The Hall–Kier alpha value is -2.41. The van der Waals surface area contributed by atoms with Gasteiger partial charge in [-0.15, -0.1) is 0 Å². The number of methoxy groups -OCH3 is 1. The maximum Gasteiger partial charge on any atom is 0.228 e. The van der Waals surface area contributed by atoms with Crippen molar-refractivity contribution in [1.29, 1.82) is 0 Å². The fourth-order valence-electron chi connectivity index (χ4n) is 2.93. The Morgan fingerprint density at radius 1 is 1.04 bits per heavy atom. The number of anilines is 1. The number of hydrogen-bond donors (Lipinski definition) is 0. The van der Waals surface area contributed by atoms with Gasteiger partial charge in [-0.2, -0.15) is 4.98 Å². The summed E-state index contributed by atoms with van der Waals surface area (Å²) in [7, 11) is 1.65. The Labute approximate surface area is 148 Å². The minimum atomic E-state index is 0.609. The zero-order valence-corrected chi connectivity index (χ0v) is 14.9. The number of ether oxygens (including phenoxy) is 2. The van der Waals surface area contributed by atoms with Crippen LogP contribution in [0.2, 0.25) is 0 Å². The Balaban J connectivity index is 1.61. The molecule has 3 heterocycles. The summed E-state index contributed by atoms with van der Waals surface area (Å²) in [6.07, 6.45) is 2.82. The molecule has 1 fully saturated rings. The van der Waals surface area contributed by atoms with Crippen molar-refractivity contribution in [2.45, 2.75) is 19.9 Å². The zero-order valence-electron chi connectivity index (χ0n) is 14.9. The molecule has 0 aromatic carbocycles. The van der Waals surface area contributed by atoms with Crippen LogP contribution in [-0.4, -0.2) is 59.7 Å². The quantitative estimate of drug-likeness (QED) is 0.795. The molecule has 0 saturated carbocycles. The molecule has 25 heavy (non-hydrogen) atoms. The summed E-state index contributed by atoms with van der Waals surface area (Å²) in [6, 6.07) is 7.69. The molecule has 1 aliphatic rings. The maximum atomic E-state index is 5.48. The summed E-state index contributed by atoms with van der Waals surface area (Å²) in [4.78, 5) is 18.1. The highest BCUT2D eigenvalue weighted by Crippen LogP contribution is 2.16. The first-order valence-corrected chi connectivity index (χ1v) is 8.71. The molecule has 7 heteroatoms. The van der Waals surface area contributed by atoms with Gasteiger partial charge in [0.05, 0.1) is 19.4 Å². The highest BCUT2D eigenvalue weighted by atomic mass is 16.5. The van der Waals surface area contributed by atoms with Crippen molar-refractivity contribution < 1.29 is 9.47 Å². The first kappa shape index (κ1) is 17.4. The lowest BCUT2D eigenvalue weighted by molar-refractivity contribution is 0.280. The van der Waals surface area contributed by atoms with Crippen LogP contribution in [-0.2, 0) is 6.54 Å². The van der Waals surface area contributed by atoms with E-state index in [9.17, 15) is 0 Å². The molecule has 2 aromatic rings. The Morgan fingerprint density at radius 2 is 1.96 bits per heavy atom. The summed E-state index contributed by atoms with van der Waals surface area (Å²) in [6.45, 7) is 7.19. The van der Waals surface area contributed by atoms with Crippen LogP contribution in [0.3, 0.4) is 0 Å². The Morgan fingerprint density at radius 3 is 2.80 bits per heavy atom. The first-order chi connectivity index (χ1) is 12.3. The second kappa shape index (κ2) is 8.62. The van der Waals surface area contributed by atoms with E-state index in [1.54, 1.807) is 19.4 Å². The average Bonchev–Trinajstić information content (AvgIpc) is 2.88. The fraction of sp³-hybridized carbons (Fsp3) is 0.500. The van der Waals surface area contributed by atoms with E-state index in [1.807, 2.05) is 25.1 Å². The Bertz CT molecular complexity index is 682. The summed E-state index contributed by atoms with van der Waals surface area (Å²) in [5, 5.41) is 0. The van der Waals surface area contributed by atoms with Crippen molar-refractivity contribution in [1.82, 2.24) is 19.9 Å². The van der Waals surface area contributed by atoms with E-state index in [0.29, 0.717) is 18.4 Å². The molecule has 1 aliphatic heterocycles. The minimum absolute atomic E-state index is 0.609. The third kappa shape index (κ3) is 4.79. The maximum absolute atomic E-state index is 5.48. The third-order valence-electron chi connectivity index (χ3n) is 4.16. The van der Waals surface area contributed by atoms with Crippen LogP contribution >= 0.6 is 0 Å². The summed E-state index contributed by atoms with van der Waals surface area (Å²) in [5.41, 5.74) is 1.03. The summed E-state index contributed by atoms with van der Waals surface area (Å²) >= 11 is 0. The Kier molecular flexibility index (Phi) is 6.00. The minimum Gasteiger partial charge on any atom is -0.481 e. The van der Waals surface area contributed by atoms with Gasteiger partial charge in [0.25, 0.3) is 0 Å². The van der Waals surface area contributed by atoms with Crippen molar-refractivity contribution in [2.24, 2.45) is 0 Å². The van der Waals surface area contributed by atoms with E-state index >= 15 is 0 Å². The standard InChI is InChI=1S/C18H25N5O2/c1-3-25-17-8-9-19-18(21-17)23-11-5-10-22(12-13-23)14-15-6-4-7-16(20-15)24-2/h4,6-9H,3,5,10-14H2,1-2H3. The van der Waals surface area contributed by atoms with Crippen molar-refractivity contribution in [3.63, 3.8) is 0 Å². The number of rotatable bonds is 6. The second-order valence-corrected chi connectivity index (χ2v) is 5.92. The van der Waals surface area contributed by atoms with Gasteiger partial charge in [-0.25, -0.2) is 9.97 Å². The van der Waals surface area contributed by atoms with Crippen LogP contribution in [0.1, 0.15) is 19.0 Å². The van der Waals surface area contributed by atoms with Gasteiger partial charge in [0, 0.05) is 51.1 Å². The normalized spacial score (nSPS) is 15.7. The van der Waals surface area contributed by atoms with Gasteiger partial charge in [0.1, 0.15) is 0 Å². The van der Waals surface area contributed by atoms with Crippen molar-refractivity contribution >= 4 is 5.95 Å². The van der Waals surface area contributed by atoms with Crippen LogP contribution in [0.25, 0.3) is 0 Å². The molecule has 0 unspecified atom stereocenters. The largest absolute Gasteiger partial charge is 0.481 e. The van der Waals surface area contributed by atoms with E-state index in [1.165, 1.54) is 0 Å². The molecule has 1 saturated heterocycles. The number of pyridine rings is 1. The molecular weight excluding hydrogens is 318 g/mol. The monoisotopic (exact) mass is 343 g/mol. The predicted molar refractivity (Wildman–Crippen MR) is 96.1 cm³/mol. The number of aromatic nitrogens is 3. The van der Waals surface area contributed by atoms with E-state index in [2.05, 4.69) is 24.8 Å². The van der Waals surface area contributed by atoms with E-state index in [4.69, 9.17) is 9.47 Å². The van der Waals surface area contributed by atoms with Gasteiger partial charge in [-0.1, -0.05) is 6.07 Å². The van der Waals surface area contributed by atoms with Crippen LogP contribution in [0.5, 0.6) is 11.8 Å². The van der Waals surface area contributed by atoms with Crippen molar-refractivity contribution in [3.8, 4) is 11.8 Å². The molecule has 7 nitrogen and oxygen atoms in total. The van der Waals surface area contributed by atoms with E-state index in [-0.39, 0.29) is 0 Å². The second-order valence-electron chi connectivity index (χ2n) is 5.92. The predicted octanol–water partition coefficient (Wildman–Crippen LogP) is 1.99. The van der Waals surface area contributed by atoms with Crippen molar-refractivity contribution in [3.05, 3.63) is 36.2 Å². The smallest absolute Gasteiger partial charge is 0.228 e. The van der Waals surface area contributed by atoms with Crippen LogP contribution in [0.4, 0.5) is 5.95 Å². The van der Waals surface area contributed by atoms with Gasteiger partial charge >= 0.3 is 0 Å². The molecule has 134 valence electrons. The fourth-order valence-corrected chi connectivity index (χ4v) is 2.93. The SMILES string of the molecule is CCOc1ccnc(N2CCCN(Cc3cccc(OC)n3)CC2)n1. The van der Waals surface area contributed by atoms with Crippen LogP contribution in [0.15, 0.2) is 30.5 Å². The third-order valence-corrected chi connectivity index (χ3v) is 4.16. The summed E-state index contributed by atoms with van der Waals surface area (Å²) < 4.78 is 10.7. The van der Waals surface area contributed by atoms with Crippen LogP contribution in [0, 0.1) is 0 Å². The zero-order chi connectivity index (χ0) is 17.5. The number of nitrogens with zero attached hydrogens (tertiary/aromatic N) is 5. The lowest BCUT2D eigenvalue weighted by Gasteiger charge is -2.22. The molecule has 0 spiro atoms. The van der Waals surface area contributed by atoms with Gasteiger partial charge < -0.3 is 14.4 Å². The average molecular weight is 343 g/mol. The highest BCUT2D eigenvalue weighted by Gasteiger charge is 2.18. The van der Waals surface area contributed by atoms with Gasteiger partial charge in [-0.3, -0.25) is 4.90 Å². The molecular formula is C18H25N5O2. The van der Waals surface area contributed by atoms with Crippen molar-refractivity contribution in [2.75, 3.05) is 44.8 Å². The lowest BCUT2D eigenvalue weighted by atomic mass is 10.3. The van der Waals surface area contributed by atoms with Crippen LogP contribution < -0.4 is 14.4 Å². The molecule has 0 amide bonds. The molecule has 2 aromatic heterocycles. The molecule has 3 rings (SSSR count). The molecule has 0 radical (unpaired) electrons. The molecule has 0 aliphatic carbocycles. The van der Waals surface area contributed by atoms with Gasteiger partial charge in [-0.05, 0) is 19.4 Å². The molecule has 0 atom stereocenters. The highest BCUT2D eigenvalue weighted by molar-refractivity contribution is 5.32. The van der Waals surface area contributed by atoms with Gasteiger partial charge in [0.2, 0.25) is 17.7 Å². The lowest BCUT2D eigenvalue weighted by Crippen LogP contribution is -2.31. The number of hydrogen-bond acceptors (Lipinski definition) is 7.